The van der Waals surface area contributed by atoms with Gasteiger partial charge in [-0.15, -0.1) is 22.1 Å². The number of aromatic nitrogens is 1. The van der Waals surface area contributed by atoms with Crippen molar-refractivity contribution < 1.29 is 18.6 Å². The van der Waals surface area contributed by atoms with Crippen molar-refractivity contribution in [3.63, 3.8) is 0 Å². The number of pyridine rings is 1. The number of amides is 1. The molecule has 36 heavy (non-hydrogen) atoms. The first-order valence-corrected chi connectivity index (χ1v) is 15.1. The summed E-state index contributed by atoms with van der Waals surface area (Å²) >= 11 is 8.14. The number of rotatable bonds is 4. The third-order valence-electron chi connectivity index (χ3n) is 7.07. The molecule has 2 aromatic heterocycles. The second-order valence-electron chi connectivity index (χ2n) is 9.52. The van der Waals surface area contributed by atoms with Crippen LogP contribution in [0.1, 0.15) is 23.3 Å². The number of ether oxygens (including phenoxy) is 1. The molecule has 3 aliphatic heterocycles. The Morgan fingerprint density at radius 2 is 2.03 bits per heavy atom. The highest BCUT2D eigenvalue weighted by molar-refractivity contribution is 8.22. The number of thiophene rings is 1. The van der Waals surface area contributed by atoms with E-state index in [-0.39, 0.29) is 5.91 Å². The van der Waals surface area contributed by atoms with E-state index in [9.17, 15) is 13.9 Å². The summed E-state index contributed by atoms with van der Waals surface area (Å²) in [7, 11) is -2.72. The van der Waals surface area contributed by atoms with Crippen LogP contribution in [0, 0.1) is 0 Å². The number of halogens is 1. The van der Waals surface area contributed by atoms with Gasteiger partial charge in [-0.05, 0) is 37.1 Å². The zero-order valence-corrected chi connectivity index (χ0v) is 22.2. The second-order valence-corrected chi connectivity index (χ2v) is 13.3. The maximum Gasteiger partial charge on any atom is 0.264 e. The summed E-state index contributed by atoms with van der Waals surface area (Å²) < 4.78 is 30.1. The molecular formula is C25H29ClN4O4S2. The monoisotopic (exact) mass is 548 g/mol. The average Bonchev–Trinajstić information content (AvgIpc) is 3.48. The van der Waals surface area contributed by atoms with Crippen LogP contribution in [-0.4, -0.2) is 73.8 Å². The third kappa shape index (κ3) is 4.60. The summed E-state index contributed by atoms with van der Waals surface area (Å²) in [6.07, 6.45) is 3.53. The van der Waals surface area contributed by atoms with Crippen LogP contribution in [0.3, 0.4) is 0 Å². The summed E-state index contributed by atoms with van der Waals surface area (Å²) in [5.74, 6) is 1.16. The van der Waals surface area contributed by atoms with Crippen molar-refractivity contribution in [2.45, 2.75) is 31.9 Å². The number of nitrogens with one attached hydrogen (secondary N) is 1. The number of carbonyl (C=O) groups excluding carboxylic acids is 1. The van der Waals surface area contributed by atoms with Crippen LogP contribution in [0.2, 0.25) is 5.02 Å². The summed E-state index contributed by atoms with van der Waals surface area (Å²) in [5.41, 5.74) is 3.60. The zero-order chi connectivity index (χ0) is 24.9. The molecule has 1 atom stereocenters. The molecule has 0 radical (unpaired) electrons. The van der Waals surface area contributed by atoms with Crippen molar-refractivity contribution in [2.75, 3.05) is 38.5 Å². The SMILES string of the molecule is O=C([C@H]1Cc2cc(Cl)cc(-c3ccnc4cc(CN5CCCCS5(O)O)sc34)c2O1)N1CCNCC1. The average molecular weight is 549 g/mol. The lowest BCUT2D eigenvalue weighted by atomic mass is 10.0. The molecule has 3 aromatic rings. The number of carbonyl (C=O) groups is 1. The lowest BCUT2D eigenvalue weighted by molar-refractivity contribution is -0.138. The molecule has 0 spiro atoms. The summed E-state index contributed by atoms with van der Waals surface area (Å²) in [4.78, 5) is 20.6. The Bertz CT molecular complexity index is 1310. The number of hydrogen-bond acceptors (Lipinski definition) is 8. The first-order valence-electron chi connectivity index (χ1n) is 12.3. The smallest absolute Gasteiger partial charge is 0.264 e. The fourth-order valence-corrected chi connectivity index (χ4v) is 8.34. The molecule has 0 bridgehead atoms. The van der Waals surface area contributed by atoms with E-state index < -0.39 is 16.9 Å². The quantitative estimate of drug-likeness (QED) is 0.438. The lowest BCUT2D eigenvalue weighted by Crippen LogP contribution is -2.50. The number of benzene rings is 1. The molecule has 11 heteroatoms. The standard InChI is InChI=1S/C25H29ClN4O4S2/c26-17-11-16-12-22(25(31)29-8-5-27-6-9-29)34-23(16)20(13-17)19-3-4-28-21-14-18(35-24(19)21)15-30-7-1-2-10-36(30,32)33/h3-4,11,13-14,22,27,32-33H,1-2,5-10,12,15H2/t22-/m1/s1. The van der Waals surface area contributed by atoms with E-state index in [4.69, 9.17) is 16.3 Å². The van der Waals surface area contributed by atoms with Crippen molar-refractivity contribution in [1.29, 1.82) is 0 Å². The molecule has 0 unspecified atom stereocenters. The Morgan fingerprint density at radius 1 is 1.19 bits per heavy atom. The van der Waals surface area contributed by atoms with Gasteiger partial charge in [0.1, 0.15) is 5.75 Å². The van der Waals surface area contributed by atoms with Gasteiger partial charge in [0, 0.05) is 71.9 Å². The van der Waals surface area contributed by atoms with E-state index in [1.54, 1.807) is 21.8 Å². The Balaban J connectivity index is 1.32. The zero-order valence-electron chi connectivity index (χ0n) is 19.8. The highest BCUT2D eigenvalue weighted by atomic mass is 35.5. The molecule has 0 saturated carbocycles. The minimum atomic E-state index is -2.72. The van der Waals surface area contributed by atoms with Gasteiger partial charge in [0.15, 0.2) is 6.10 Å². The minimum absolute atomic E-state index is 0.0218. The Kier molecular flexibility index (Phi) is 6.62. The first-order chi connectivity index (χ1) is 17.4. The normalized spacial score (nSPS) is 22.9. The van der Waals surface area contributed by atoms with Crippen molar-refractivity contribution in [3.8, 4) is 16.9 Å². The van der Waals surface area contributed by atoms with E-state index in [0.717, 1.165) is 57.7 Å². The molecule has 8 nitrogen and oxygen atoms in total. The molecule has 3 N–H and O–H groups in total. The van der Waals surface area contributed by atoms with Crippen molar-refractivity contribution >= 4 is 49.8 Å². The van der Waals surface area contributed by atoms with E-state index in [1.807, 2.05) is 29.2 Å². The fourth-order valence-electron chi connectivity index (χ4n) is 5.24. The van der Waals surface area contributed by atoms with Crippen LogP contribution in [0.25, 0.3) is 21.3 Å². The topological polar surface area (TPSA) is 98.2 Å². The van der Waals surface area contributed by atoms with E-state index in [1.165, 1.54) is 0 Å². The van der Waals surface area contributed by atoms with Gasteiger partial charge in [0.05, 0.1) is 22.5 Å². The largest absolute Gasteiger partial charge is 0.479 e. The highest BCUT2D eigenvalue weighted by Gasteiger charge is 2.35. The van der Waals surface area contributed by atoms with E-state index >= 15 is 0 Å². The molecule has 1 amide bonds. The second kappa shape index (κ2) is 9.75. The van der Waals surface area contributed by atoms with Crippen LogP contribution < -0.4 is 10.1 Å². The van der Waals surface area contributed by atoms with Gasteiger partial charge in [-0.3, -0.25) is 18.9 Å². The predicted octanol–water partition coefficient (Wildman–Crippen LogP) is 4.61. The minimum Gasteiger partial charge on any atom is -0.479 e. The molecular weight excluding hydrogens is 520 g/mol. The van der Waals surface area contributed by atoms with Gasteiger partial charge in [0.25, 0.3) is 5.91 Å². The number of hydrogen-bond donors (Lipinski definition) is 3. The van der Waals surface area contributed by atoms with Gasteiger partial charge >= 0.3 is 0 Å². The lowest BCUT2D eigenvalue weighted by Gasteiger charge is -2.46. The maximum atomic E-state index is 13.1. The van der Waals surface area contributed by atoms with Gasteiger partial charge in [0.2, 0.25) is 0 Å². The molecule has 1 aromatic carbocycles. The van der Waals surface area contributed by atoms with Gasteiger partial charge in [-0.25, -0.2) is 4.31 Å². The molecule has 192 valence electrons. The summed E-state index contributed by atoms with van der Waals surface area (Å²) in [6.45, 7) is 4.12. The molecule has 2 fully saturated rings. The van der Waals surface area contributed by atoms with Crippen LogP contribution in [0.15, 0.2) is 30.5 Å². The molecule has 6 rings (SSSR count). The number of fused-ring (bicyclic) bond motifs is 2. The van der Waals surface area contributed by atoms with Crippen molar-refractivity contribution in [2.24, 2.45) is 0 Å². The van der Waals surface area contributed by atoms with Crippen LogP contribution in [-0.2, 0) is 17.8 Å². The first kappa shape index (κ1) is 24.4. The predicted molar refractivity (Wildman–Crippen MR) is 145 cm³/mol. The fraction of sp³-hybridized carbons (Fsp3) is 0.440. The Hall–Kier alpha value is -1.92. The molecule has 0 aliphatic carbocycles. The Labute approximate surface area is 220 Å². The van der Waals surface area contributed by atoms with Gasteiger partial charge in [-0.1, -0.05) is 11.6 Å². The third-order valence-corrected chi connectivity index (χ3v) is 10.4. The van der Waals surface area contributed by atoms with Gasteiger partial charge in [-0.2, -0.15) is 0 Å². The molecule has 5 heterocycles. The van der Waals surface area contributed by atoms with E-state index in [0.29, 0.717) is 49.1 Å². The summed E-state index contributed by atoms with van der Waals surface area (Å²) in [5, 5.41) is 3.88. The van der Waals surface area contributed by atoms with Gasteiger partial charge < -0.3 is 15.0 Å². The van der Waals surface area contributed by atoms with Crippen molar-refractivity contribution in [3.05, 3.63) is 45.9 Å². The summed E-state index contributed by atoms with van der Waals surface area (Å²) in [6, 6.07) is 7.77. The molecule has 2 saturated heterocycles. The molecule has 3 aliphatic rings. The van der Waals surface area contributed by atoms with Crippen LogP contribution in [0.5, 0.6) is 5.75 Å². The van der Waals surface area contributed by atoms with E-state index in [2.05, 4.69) is 10.3 Å². The van der Waals surface area contributed by atoms with Crippen molar-refractivity contribution in [1.82, 2.24) is 19.5 Å². The number of nitrogens with zero attached hydrogens (tertiary/aromatic N) is 3. The van der Waals surface area contributed by atoms with Crippen LogP contribution in [0.4, 0.5) is 0 Å². The Morgan fingerprint density at radius 3 is 2.83 bits per heavy atom. The number of piperazine rings is 1. The van der Waals surface area contributed by atoms with Crippen LogP contribution >= 0.6 is 33.7 Å². The highest BCUT2D eigenvalue weighted by Crippen LogP contribution is 2.49. The maximum absolute atomic E-state index is 13.1.